The number of para-hydroxylation sites is 4. The highest BCUT2D eigenvalue weighted by Gasteiger charge is 2.45. The molecule has 0 amide bonds. The number of aromatic nitrogens is 2. The molecule has 0 fully saturated rings. The van der Waals surface area contributed by atoms with Gasteiger partial charge in [-0.05, 0) is 209 Å². The van der Waals surface area contributed by atoms with E-state index in [0.29, 0.717) is 0 Å². The highest BCUT2D eigenvalue weighted by molar-refractivity contribution is 7.00. The topological polar surface area (TPSA) is 16.3 Å². The van der Waals surface area contributed by atoms with Gasteiger partial charge in [0.2, 0.25) is 0 Å². The predicted molar refractivity (Wildman–Crippen MR) is 415 cm³/mol. The van der Waals surface area contributed by atoms with Crippen LogP contribution in [-0.4, -0.2) is 15.8 Å². The van der Waals surface area contributed by atoms with Gasteiger partial charge in [-0.1, -0.05) is 252 Å². The molecule has 0 atom stereocenters. The number of benzene rings is 12. The molecule has 4 heterocycles. The Hall–Kier alpha value is -10.1. The molecule has 2 aromatic heterocycles. The first-order valence-corrected chi connectivity index (χ1v) is 35.3. The van der Waals surface area contributed by atoms with Crippen molar-refractivity contribution in [2.45, 2.75) is 129 Å². The standard InChI is InChI=1S/C92H83BN4/c1-88(2,3)64-37-28-58(29-38-64)63-36-47-83-78(54-63)93-77-46-43-67(96-79-24-16-12-20-69(79)70-21-13-17-25-80(70)96)55-84(77)95(66-41-32-60(33-42-66)62-35-45-74-76(53-62)92(10,11)51-49-90(74,6)7)86-57-68(97-81-26-18-14-22-71(81)72-23-15-19-27-82(72)97)56-85(87(86)93)94(83)65-39-30-59(31-40-65)61-34-44-73-75(52-61)91(8,9)50-48-89(73,4)5/h12-47,52-57H,48-51H2,1-11H3. The quantitative estimate of drug-likeness (QED) is 0.148. The van der Waals surface area contributed by atoms with Crippen LogP contribution >= 0.6 is 0 Å². The molecule has 12 aromatic carbocycles. The molecular weight excluding hydrogens is 1170 g/mol. The van der Waals surface area contributed by atoms with E-state index in [2.05, 4.69) is 350 Å². The lowest BCUT2D eigenvalue weighted by Gasteiger charge is -2.44. The van der Waals surface area contributed by atoms with E-state index in [0.717, 1.165) is 39.8 Å². The molecule has 0 bridgehead atoms. The van der Waals surface area contributed by atoms with Crippen LogP contribution in [0.4, 0.5) is 34.1 Å². The van der Waals surface area contributed by atoms with E-state index < -0.39 is 0 Å². The Labute approximate surface area is 572 Å². The zero-order valence-corrected chi connectivity index (χ0v) is 57.9. The number of nitrogens with zero attached hydrogens (tertiary/aromatic N) is 4. The van der Waals surface area contributed by atoms with Gasteiger partial charge in [-0.25, -0.2) is 0 Å². The Kier molecular flexibility index (Phi) is 13.0. The summed E-state index contributed by atoms with van der Waals surface area (Å²) in [6, 6.07) is 98.7. The molecule has 0 radical (unpaired) electrons. The second-order valence-corrected chi connectivity index (χ2v) is 32.2. The van der Waals surface area contributed by atoms with Crippen LogP contribution in [0, 0.1) is 0 Å². The van der Waals surface area contributed by atoms with Crippen molar-refractivity contribution >= 4 is 101 Å². The van der Waals surface area contributed by atoms with Gasteiger partial charge in [0.05, 0.1) is 27.8 Å². The van der Waals surface area contributed by atoms with Crippen LogP contribution in [0.25, 0.3) is 88.4 Å². The van der Waals surface area contributed by atoms with Crippen LogP contribution < -0.4 is 26.2 Å². The third-order valence-electron chi connectivity index (χ3n) is 23.4. The van der Waals surface area contributed by atoms with Gasteiger partial charge in [-0.15, -0.1) is 0 Å². The summed E-state index contributed by atoms with van der Waals surface area (Å²) in [4.78, 5) is 5.23. The van der Waals surface area contributed by atoms with Crippen molar-refractivity contribution in [2.24, 2.45) is 0 Å². The zero-order chi connectivity index (χ0) is 66.2. The lowest BCUT2D eigenvalue weighted by Crippen LogP contribution is -2.61. The Balaban J connectivity index is 0.910. The average molecular weight is 1260 g/mol. The molecule has 4 aliphatic rings. The Bertz CT molecular complexity index is 5460. The molecule has 474 valence electrons. The summed E-state index contributed by atoms with van der Waals surface area (Å²) in [5, 5.41) is 4.97. The Morgan fingerprint density at radius 1 is 0.289 bits per heavy atom. The van der Waals surface area contributed by atoms with Crippen LogP contribution in [0.2, 0.25) is 0 Å². The number of fused-ring (bicyclic) bond motifs is 12. The van der Waals surface area contributed by atoms with E-state index in [9.17, 15) is 0 Å². The summed E-state index contributed by atoms with van der Waals surface area (Å²) in [5.74, 6) is 0. The van der Waals surface area contributed by atoms with Crippen molar-refractivity contribution < 1.29 is 0 Å². The van der Waals surface area contributed by atoms with E-state index in [1.165, 1.54) is 153 Å². The second-order valence-electron chi connectivity index (χ2n) is 32.2. The molecule has 5 heteroatoms. The van der Waals surface area contributed by atoms with E-state index in [4.69, 9.17) is 0 Å². The summed E-state index contributed by atoms with van der Waals surface area (Å²) in [5.41, 5.74) is 32.8. The lowest BCUT2D eigenvalue weighted by molar-refractivity contribution is 0.332. The number of rotatable bonds is 7. The van der Waals surface area contributed by atoms with Gasteiger partial charge in [0.1, 0.15) is 0 Å². The largest absolute Gasteiger partial charge is 0.311 e. The lowest BCUT2D eigenvalue weighted by atomic mass is 9.33. The maximum absolute atomic E-state index is 2.63. The minimum atomic E-state index is -0.152. The Morgan fingerprint density at radius 3 is 1.08 bits per heavy atom. The van der Waals surface area contributed by atoms with Gasteiger partial charge in [-0.2, -0.15) is 0 Å². The monoisotopic (exact) mass is 1250 g/mol. The molecule has 14 aromatic rings. The van der Waals surface area contributed by atoms with Gasteiger partial charge in [0.25, 0.3) is 6.71 Å². The molecule has 0 unspecified atom stereocenters. The molecule has 4 nitrogen and oxygen atoms in total. The first-order valence-electron chi connectivity index (χ1n) is 35.3. The Morgan fingerprint density at radius 2 is 0.639 bits per heavy atom. The second kappa shape index (κ2) is 21.2. The van der Waals surface area contributed by atoms with Crippen molar-refractivity contribution in [3.8, 4) is 44.8 Å². The van der Waals surface area contributed by atoms with Crippen LogP contribution in [0.3, 0.4) is 0 Å². The van der Waals surface area contributed by atoms with Crippen molar-refractivity contribution in [1.82, 2.24) is 9.13 Å². The number of anilines is 6. The van der Waals surface area contributed by atoms with Gasteiger partial charge in [0.15, 0.2) is 0 Å². The van der Waals surface area contributed by atoms with Crippen LogP contribution in [0.1, 0.15) is 130 Å². The van der Waals surface area contributed by atoms with Crippen LogP contribution in [0.15, 0.2) is 255 Å². The number of hydrogen-bond acceptors (Lipinski definition) is 2. The fourth-order valence-corrected chi connectivity index (χ4v) is 17.7. The summed E-state index contributed by atoms with van der Waals surface area (Å²) < 4.78 is 5.02. The van der Waals surface area contributed by atoms with Gasteiger partial charge in [-0.3, -0.25) is 0 Å². The molecule has 0 saturated carbocycles. The normalized spacial score (nSPS) is 16.3. The summed E-state index contributed by atoms with van der Waals surface area (Å²) in [6.07, 6.45) is 4.73. The summed E-state index contributed by atoms with van der Waals surface area (Å²) in [7, 11) is 0. The SMILES string of the molecule is CC(C)(C)c1ccc(-c2ccc3c(c2)B2c4ccc(-n5c6ccccc6c6ccccc65)cc4N(c4ccc(-c5ccc6c(c5)C(C)(C)CCC6(C)C)cc4)c4cc(-n5c6ccccc6c6ccccc65)cc(c42)N3c2ccc(-c3ccc4c(c3)C(C)(C)CCC4(C)C)cc2)cc1. The minimum Gasteiger partial charge on any atom is -0.311 e. The molecule has 97 heavy (non-hydrogen) atoms. The third kappa shape index (κ3) is 9.23. The van der Waals surface area contributed by atoms with Crippen LogP contribution in [0.5, 0.6) is 0 Å². The van der Waals surface area contributed by atoms with Crippen molar-refractivity contribution in [3.05, 3.63) is 283 Å². The fourth-order valence-electron chi connectivity index (χ4n) is 17.7. The molecule has 2 aliphatic carbocycles. The van der Waals surface area contributed by atoms with Crippen LogP contribution in [-0.2, 0) is 27.1 Å². The number of hydrogen-bond donors (Lipinski definition) is 0. The smallest absolute Gasteiger partial charge is 0.252 e. The molecule has 0 N–H and O–H groups in total. The van der Waals surface area contributed by atoms with E-state index in [-0.39, 0.29) is 33.8 Å². The molecule has 18 rings (SSSR count). The third-order valence-corrected chi connectivity index (χ3v) is 23.4. The average Bonchev–Trinajstić information content (AvgIpc) is 1.17. The minimum absolute atomic E-state index is 0.0296. The van der Waals surface area contributed by atoms with Crippen molar-refractivity contribution in [1.29, 1.82) is 0 Å². The van der Waals surface area contributed by atoms with Crippen molar-refractivity contribution in [3.63, 3.8) is 0 Å². The zero-order valence-electron chi connectivity index (χ0n) is 57.9. The predicted octanol–water partition coefficient (Wildman–Crippen LogP) is 23.0. The van der Waals surface area contributed by atoms with Crippen molar-refractivity contribution in [2.75, 3.05) is 9.80 Å². The van der Waals surface area contributed by atoms with E-state index >= 15 is 0 Å². The highest BCUT2D eigenvalue weighted by Crippen LogP contribution is 2.52. The maximum Gasteiger partial charge on any atom is 0.252 e. The van der Waals surface area contributed by atoms with E-state index in [1.54, 1.807) is 0 Å². The molecule has 0 spiro atoms. The summed E-state index contributed by atoms with van der Waals surface area (Å²) >= 11 is 0. The molecular formula is C92H83BN4. The molecule has 2 aliphatic heterocycles. The molecule has 0 saturated heterocycles. The first-order chi connectivity index (χ1) is 46.7. The fraction of sp³-hybridized carbons (Fsp3) is 0.217. The first kappa shape index (κ1) is 59.4. The van der Waals surface area contributed by atoms with Gasteiger partial charge in [0, 0.05) is 61.4 Å². The van der Waals surface area contributed by atoms with Gasteiger partial charge >= 0.3 is 0 Å². The highest BCUT2D eigenvalue weighted by atomic mass is 15.2. The van der Waals surface area contributed by atoms with Gasteiger partial charge < -0.3 is 18.9 Å². The summed E-state index contributed by atoms with van der Waals surface area (Å²) in [6.45, 7) is 26.2. The van der Waals surface area contributed by atoms with E-state index in [1.807, 2.05) is 0 Å². The maximum atomic E-state index is 2.63.